The molecule has 0 aliphatic heterocycles. The second-order valence-electron chi connectivity index (χ2n) is 6.19. The first-order valence-corrected chi connectivity index (χ1v) is 8.97. The van der Waals surface area contributed by atoms with E-state index in [1.807, 2.05) is 6.92 Å². The van der Waals surface area contributed by atoms with Gasteiger partial charge in [-0.2, -0.15) is 0 Å². The zero-order valence-electron chi connectivity index (χ0n) is 13.3. The van der Waals surface area contributed by atoms with Crippen molar-refractivity contribution >= 4 is 17.2 Å². The number of nitrogens with zero attached hydrogens (tertiary/aromatic N) is 1. The quantitative estimate of drug-likeness (QED) is 0.885. The number of aryl methyl sites for hydroxylation is 1. The molecule has 3 rings (SSSR count). The third kappa shape index (κ3) is 3.79. The molecule has 0 unspecified atom stereocenters. The topological polar surface area (TPSA) is 62.2 Å². The zero-order chi connectivity index (χ0) is 16.3. The summed E-state index contributed by atoms with van der Waals surface area (Å²) in [6.07, 6.45) is 3.79. The molecule has 122 valence electrons. The fraction of sp³-hybridized carbons (Fsp3) is 0.444. The number of nitrogens with one attached hydrogen (secondary N) is 1. The fourth-order valence-corrected chi connectivity index (χ4v) is 3.63. The van der Waals surface area contributed by atoms with E-state index in [0.29, 0.717) is 19.4 Å². The number of aliphatic hydroxyl groups is 1. The van der Waals surface area contributed by atoms with E-state index in [2.05, 4.69) is 39.9 Å². The number of amides is 1. The Bertz CT molecular complexity index is 673. The van der Waals surface area contributed by atoms with Crippen molar-refractivity contribution in [2.45, 2.75) is 44.6 Å². The molecule has 1 heterocycles. The maximum atomic E-state index is 12.0. The molecule has 23 heavy (non-hydrogen) atoms. The van der Waals surface area contributed by atoms with Gasteiger partial charge < -0.3 is 10.4 Å². The van der Waals surface area contributed by atoms with Gasteiger partial charge in [0.15, 0.2) is 0 Å². The second-order valence-corrected chi connectivity index (χ2v) is 7.26. The van der Waals surface area contributed by atoms with Crippen molar-refractivity contribution in [3.05, 3.63) is 40.2 Å². The number of carbonyl (C=O) groups excluding carboxylic acids is 1. The first kappa shape index (κ1) is 16.1. The lowest BCUT2D eigenvalue weighted by atomic mass is 10.0. The average Bonchev–Trinajstić information content (AvgIpc) is 3.17. The van der Waals surface area contributed by atoms with E-state index in [-0.39, 0.29) is 5.91 Å². The minimum atomic E-state index is -1.13. The second kappa shape index (κ2) is 6.81. The van der Waals surface area contributed by atoms with Crippen molar-refractivity contribution in [1.29, 1.82) is 0 Å². The van der Waals surface area contributed by atoms with Gasteiger partial charge in [0, 0.05) is 17.5 Å². The minimum absolute atomic E-state index is 0.218. The van der Waals surface area contributed by atoms with E-state index in [1.165, 1.54) is 5.56 Å². The van der Waals surface area contributed by atoms with Crippen LogP contribution in [0.2, 0.25) is 0 Å². The molecule has 1 aromatic carbocycles. The highest BCUT2D eigenvalue weighted by atomic mass is 32.1. The molecule has 1 aliphatic carbocycles. The summed E-state index contributed by atoms with van der Waals surface area (Å²) in [5, 5.41) is 16.2. The highest BCUT2D eigenvalue weighted by Gasteiger charge is 2.38. The van der Waals surface area contributed by atoms with Gasteiger partial charge in [-0.3, -0.25) is 4.79 Å². The summed E-state index contributed by atoms with van der Waals surface area (Å²) in [6, 6.07) is 8.27. The summed E-state index contributed by atoms with van der Waals surface area (Å²) in [6.45, 7) is 2.56. The van der Waals surface area contributed by atoms with Crippen LogP contribution in [0.25, 0.3) is 11.3 Å². The molecule has 1 saturated carbocycles. The normalized spacial score (nSPS) is 16.4. The molecule has 0 bridgehead atoms. The molecule has 5 heteroatoms. The predicted octanol–water partition coefficient (Wildman–Crippen LogP) is 3.08. The molecule has 2 N–H and O–H groups in total. The third-order valence-electron chi connectivity index (χ3n) is 4.42. The molecule has 4 nitrogen and oxygen atoms in total. The molecule has 1 aromatic heterocycles. The lowest BCUT2D eigenvalue weighted by Gasteiger charge is -2.20. The van der Waals surface area contributed by atoms with Gasteiger partial charge in [0.2, 0.25) is 0 Å². The van der Waals surface area contributed by atoms with Crippen molar-refractivity contribution in [1.82, 2.24) is 10.3 Å². The lowest BCUT2D eigenvalue weighted by Crippen LogP contribution is -2.45. The largest absolute Gasteiger partial charge is 0.380 e. The molecule has 0 radical (unpaired) electrons. The Balaban J connectivity index is 1.52. The Morgan fingerprint density at radius 1 is 1.30 bits per heavy atom. The average molecular weight is 330 g/mol. The van der Waals surface area contributed by atoms with Gasteiger partial charge in [0.1, 0.15) is 5.60 Å². The summed E-state index contributed by atoms with van der Waals surface area (Å²) in [7, 11) is 0. The summed E-state index contributed by atoms with van der Waals surface area (Å²) in [4.78, 5) is 16.5. The Kier molecular flexibility index (Phi) is 4.78. The Morgan fingerprint density at radius 3 is 2.61 bits per heavy atom. The van der Waals surface area contributed by atoms with Crippen molar-refractivity contribution in [3.8, 4) is 11.3 Å². The molecular formula is C18H22N2O2S. The van der Waals surface area contributed by atoms with Gasteiger partial charge in [-0.25, -0.2) is 4.98 Å². The number of hydrogen-bond acceptors (Lipinski definition) is 4. The number of hydrogen-bond donors (Lipinski definition) is 2. The van der Waals surface area contributed by atoms with Crippen LogP contribution in [0.15, 0.2) is 29.6 Å². The number of rotatable bonds is 5. The molecule has 0 saturated heterocycles. The third-order valence-corrected chi connectivity index (χ3v) is 5.19. The Morgan fingerprint density at radius 2 is 2.00 bits per heavy atom. The smallest absolute Gasteiger partial charge is 0.251 e. The Hall–Kier alpha value is -1.72. The summed E-state index contributed by atoms with van der Waals surface area (Å²) >= 11 is 1.65. The van der Waals surface area contributed by atoms with E-state index in [9.17, 15) is 9.90 Å². The number of aromatic nitrogens is 1. The van der Waals surface area contributed by atoms with E-state index in [1.54, 1.807) is 11.3 Å². The first-order valence-electron chi connectivity index (χ1n) is 8.09. The monoisotopic (exact) mass is 330 g/mol. The van der Waals surface area contributed by atoms with Crippen LogP contribution in [-0.2, 0) is 11.2 Å². The van der Waals surface area contributed by atoms with E-state index < -0.39 is 5.60 Å². The zero-order valence-corrected chi connectivity index (χ0v) is 14.2. The molecule has 2 aromatic rings. The highest BCUT2D eigenvalue weighted by Crippen LogP contribution is 2.29. The van der Waals surface area contributed by atoms with Gasteiger partial charge in [-0.05, 0) is 44.6 Å². The van der Waals surface area contributed by atoms with E-state index in [4.69, 9.17) is 0 Å². The maximum absolute atomic E-state index is 12.0. The maximum Gasteiger partial charge on any atom is 0.251 e. The highest BCUT2D eigenvalue weighted by molar-refractivity contribution is 7.09. The van der Waals surface area contributed by atoms with Crippen LogP contribution in [0.4, 0.5) is 0 Å². The summed E-state index contributed by atoms with van der Waals surface area (Å²) < 4.78 is 0. The van der Waals surface area contributed by atoms with Crippen LogP contribution in [0.1, 0.15) is 36.3 Å². The Labute approximate surface area is 140 Å². The molecule has 0 spiro atoms. The SMILES string of the molecule is Cc1nc(-c2ccc(CCNC(=O)C3(O)CCCC3)cc2)cs1. The summed E-state index contributed by atoms with van der Waals surface area (Å²) in [5.41, 5.74) is 2.16. The summed E-state index contributed by atoms with van der Waals surface area (Å²) in [5.74, 6) is -0.218. The van der Waals surface area contributed by atoms with Crippen LogP contribution in [-0.4, -0.2) is 28.1 Å². The van der Waals surface area contributed by atoms with Crippen molar-refractivity contribution in [3.63, 3.8) is 0 Å². The van der Waals surface area contributed by atoms with Crippen molar-refractivity contribution in [2.24, 2.45) is 0 Å². The molecule has 1 aliphatic rings. The van der Waals surface area contributed by atoms with Crippen LogP contribution < -0.4 is 5.32 Å². The lowest BCUT2D eigenvalue weighted by molar-refractivity contribution is -0.139. The molecule has 1 amide bonds. The number of thiazole rings is 1. The van der Waals surface area contributed by atoms with Crippen LogP contribution in [0.3, 0.4) is 0 Å². The van der Waals surface area contributed by atoms with Gasteiger partial charge in [-0.15, -0.1) is 11.3 Å². The van der Waals surface area contributed by atoms with Gasteiger partial charge in [0.05, 0.1) is 10.7 Å². The fourth-order valence-electron chi connectivity index (χ4n) is 3.01. The van der Waals surface area contributed by atoms with Crippen LogP contribution in [0, 0.1) is 6.92 Å². The number of benzene rings is 1. The van der Waals surface area contributed by atoms with Crippen LogP contribution in [0.5, 0.6) is 0 Å². The molecule has 1 fully saturated rings. The van der Waals surface area contributed by atoms with Gasteiger partial charge in [0.25, 0.3) is 5.91 Å². The van der Waals surface area contributed by atoms with Crippen molar-refractivity contribution in [2.75, 3.05) is 6.54 Å². The van der Waals surface area contributed by atoms with Crippen LogP contribution >= 0.6 is 11.3 Å². The standard InChI is InChI=1S/C18H22N2O2S/c1-13-20-16(12-23-13)15-6-4-14(5-7-15)8-11-19-17(21)18(22)9-2-3-10-18/h4-7,12,22H,2-3,8-11H2,1H3,(H,19,21). The van der Waals surface area contributed by atoms with Gasteiger partial charge in [-0.1, -0.05) is 24.3 Å². The van der Waals surface area contributed by atoms with Crippen molar-refractivity contribution < 1.29 is 9.90 Å². The molecule has 0 atom stereocenters. The number of carbonyl (C=O) groups is 1. The molecular weight excluding hydrogens is 308 g/mol. The van der Waals surface area contributed by atoms with E-state index >= 15 is 0 Å². The van der Waals surface area contributed by atoms with E-state index in [0.717, 1.165) is 35.5 Å². The minimum Gasteiger partial charge on any atom is -0.380 e. The van der Waals surface area contributed by atoms with Gasteiger partial charge >= 0.3 is 0 Å². The first-order chi connectivity index (χ1) is 11.1. The predicted molar refractivity (Wildman–Crippen MR) is 92.4 cm³/mol.